The maximum atomic E-state index is 11.8. The monoisotopic (exact) mass is 292 g/mol. The summed E-state index contributed by atoms with van der Waals surface area (Å²) in [5.41, 5.74) is 0.246. The Morgan fingerprint density at radius 2 is 2.19 bits per heavy atom. The number of hydrazone groups is 1. The zero-order valence-electron chi connectivity index (χ0n) is 11.6. The fourth-order valence-corrected chi connectivity index (χ4v) is 1.76. The van der Waals surface area contributed by atoms with Gasteiger partial charge in [-0.05, 0) is 12.1 Å². The molecule has 1 aromatic heterocycles. The molecule has 0 aromatic carbocycles. The van der Waals surface area contributed by atoms with Crippen LogP contribution in [0.25, 0.3) is 0 Å². The molecule has 1 aromatic rings. The summed E-state index contributed by atoms with van der Waals surface area (Å²) >= 11 is 0. The van der Waals surface area contributed by atoms with Crippen LogP contribution in [0.4, 0.5) is 0 Å². The van der Waals surface area contributed by atoms with Crippen molar-refractivity contribution in [1.82, 2.24) is 15.6 Å². The first kappa shape index (κ1) is 14.8. The van der Waals surface area contributed by atoms with E-state index in [0.29, 0.717) is 5.76 Å². The van der Waals surface area contributed by atoms with Crippen molar-refractivity contribution in [2.24, 2.45) is 5.10 Å². The molecule has 2 heterocycles. The SMILES string of the molecule is CN1N=C(C(=O)NCC(=O)NCc2ccco2)CCC1=O. The van der Waals surface area contributed by atoms with E-state index >= 15 is 0 Å². The van der Waals surface area contributed by atoms with E-state index < -0.39 is 5.91 Å². The van der Waals surface area contributed by atoms with Crippen LogP contribution in [0.1, 0.15) is 18.6 Å². The Balaban J connectivity index is 1.74. The van der Waals surface area contributed by atoms with Crippen LogP contribution in [0.2, 0.25) is 0 Å². The lowest BCUT2D eigenvalue weighted by Crippen LogP contribution is -2.42. The molecule has 8 heteroatoms. The molecule has 21 heavy (non-hydrogen) atoms. The molecule has 0 aliphatic carbocycles. The van der Waals surface area contributed by atoms with Crippen LogP contribution in [-0.2, 0) is 20.9 Å². The summed E-state index contributed by atoms with van der Waals surface area (Å²) in [7, 11) is 1.49. The highest BCUT2D eigenvalue weighted by molar-refractivity contribution is 6.39. The number of amides is 3. The molecule has 0 spiro atoms. The third-order valence-electron chi connectivity index (χ3n) is 2.92. The molecular formula is C13H16N4O4. The lowest BCUT2D eigenvalue weighted by Gasteiger charge is -2.18. The van der Waals surface area contributed by atoms with Gasteiger partial charge < -0.3 is 15.1 Å². The van der Waals surface area contributed by atoms with E-state index in [2.05, 4.69) is 15.7 Å². The van der Waals surface area contributed by atoms with Crippen LogP contribution >= 0.6 is 0 Å². The molecule has 0 unspecified atom stereocenters. The summed E-state index contributed by atoms with van der Waals surface area (Å²) < 4.78 is 5.07. The van der Waals surface area contributed by atoms with Gasteiger partial charge in [-0.15, -0.1) is 0 Å². The lowest BCUT2D eigenvalue weighted by atomic mass is 10.1. The van der Waals surface area contributed by atoms with Gasteiger partial charge in [0.15, 0.2) is 0 Å². The van der Waals surface area contributed by atoms with Crippen molar-refractivity contribution in [3.63, 3.8) is 0 Å². The number of carbonyl (C=O) groups is 3. The highest BCUT2D eigenvalue weighted by atomic mass is 16.3. The third kappa shape index (κ3) is 4.16. The minimum absolute atomic E-state index is 0.136. The van der Waals surface area contributed by atoms with E-state index in [0.717, 1.165) is 5.01 Å². The topological polar surface area (TPSA) is 104 Å². The first-order chi connectivity index (χ1) is 10.1. The first-order valence-corrected chi connectivity index (χ1v) is 6.47. The summed E-state index contributed by atoms with van der Waals surface area (Å²) in [4.78, 5) is 34.6. The molecule has 2 N–H and O–H groups in total. The van der Waals surface area contributed by atoms with Crippen molar-refractivity contribution < 1.29 is 18.8 Å². The first-order valence-electron chi connectivity index (χ1n) is 6.47. The summed E-state index contributed by atoms with van der Waals surface area (Å²) in [5.74, 6) is -0.280. The van der Waals surface area contributed by atoms with E-state index in [1.54, 1.807) is 12.1 Å². The second-order valence-electron chi connectivity index (χ2n) is 4.50. The Morgan fingerprint density at radius 3 is 2.86 bits per heavy atom. The number of nitrogens with zero attached hydrogens (tertiary/aromatic N) is 2. The van der Waals surface area contributed by atoms with Gasteiger partial charge in [0.05, 0.1) is 19.4 Å². The molecular weight excluding hydrogens is 276 g/mol. The fourth-order valence-electron chi connectivity index (χ4n) is 1.76. The summed E-state index contributed by atoms with van der Waals surface area (Å²) in [6, 6.07) is 3.46. The van der Waals surface area contributed by atoms with Crippen molar-refractivity contribution in [3.05, 3.63) is 24.2 Å². The van der Waals surface area contributed by atoms with E-state index in [-0.39, 0.29) is 43.5 Å². The molecule has 0 fully saturated rings. The van der Waals surface area contributed by atoms with Crippen LogP contribution in [-0.4, -0.2) is 42.0 Å². The Labute approximate surface area is 121 Å². The van der Waals surface area contributed by atoms with Gasteiger partial charge in [0.1, 0.15) is 11.5 Å². The molecule has 1 aliphatic heterocycles. The van der Waals surface area contributed by atoms with Gasteiger partial charge in [-0.3, -0.25) is 14.4 Å². The minimum atomic E-state index is -0.442. The van der Waals surface area contributed by atoms with Crippen molar-refractivity contribution >= 4 is 23.4 Å². The number of hydrogen-bond donors (Lipinski definition) is 2. The van der Waals surface area contributed by atoms with Gasteiger partial charge in [-0.25, -0.2) is 5.01 Å². The number of carbonyl (C=O) groups excluding carboxylic acids is 3. The second kappa shape index (κ2) is 6.69. The smallest absolute Gasteiger partial charge is 0.267 e. The highest BCUT2D eigenvalue weighted by Crippen LogP contribution is 2.06. The van der Waals surface area contributed by atoms with Gasteiger partial charge in [0.25, 0.3) is 5.91 Å². The van der Waals surface area contributed by atoms with Crippen molar-refractivity contribution in [3.8, 4) is 0 Å². The molecule has 1 aliphatic rings. The largest absolute Gasteiger partial charge is 0.467 e. The maximum absolute atomic E-state index is 11.8. The highest BCUT2D eigenvalue weighted by Gasteiger charge is 2.22. The quantitative estimate of drug-likeness (QED) is 0.772. The van der Waals surface area contributed by atoms with E-state index in [1.807, 2.05) is 0 Å². The molecule has 8 nitrogen and oxygen atoms in total. The van der Waals surface area contributed by atoms with Crippen LogP contribution in [0.3, 0.4) is 0 Å². The van der Waals surface area contributed by atoms with Gasteiger partial charge >= 0.3 is 0 Å². The predicted molar refractivity (Wildman–Crippen MR) is 73.0 cm³/mol. The predicted octanol–water partition coefficient (Wildman–Crippen LogP) is -0.380. The molecule has 2 rings (SSSR count). The van der Waals surface area contributed by atoms with Crippen molar-refractivity contribution in [2.75, 3.05) is 13.6 Å². The fraction of sp³-hybridized carbons (Fsp3) is 0.385. The molecule has 0 atom stereocenters. The molecule has 0 radical (unpaired) electrons. The molecule has 3 amide bonds. The number of hydrogen-bond acceptors (Lipinski definition) is 5. The van der Waals surface area contributed by atoms with Crippen molar-refractivity contribution in [2.45, 2.75) is 19.4 Å². The standard InChI is InChI=1S/C13H16N4O4/c1-17-12(19)5-4-10(16-17)13(20)15-8-11(18)14-7-9-3-2-6-21-9/h2-3,6H,4-5,7-8H2,1H3,(H,14,18)(H,15,20). The second-order valence-corrected chi connectivity index (χ2v) is 4.50. The summed E-state index contributed by atoms with van der Waals surface area (Å²) in [6.07, 6.45) is 2.04. The average molecular weight is 292 g/mol. The van der Waals surface area contributed by atoms with E-state index in [4.69, 9.17) is 4.42 Å². The van der Waals surface area contributed by atoms with Gasteiger partial charge in [0.2, 0.25) is 11.8 Å². The van der Waals surface area contributed by atoms with Crippen LogP contribution < -0.4 is 10.6 Å². The van der Waals surface area contributed by atoms with E-state index in [9.17, 15) is 14.4 Å². The third-order valence-corrected chi connectivity index (χ3v) is 2.92. The van der Waals surface area contributed by atoms with E-state index in [1.165, 1.54) is 13.3 Å². The molecule has 0 saturated heterocycles. The average Bonchev–Trinajstić information content (AvgIpc) is 2.98. The Morgan fingerprint density at radius 1 is 1.38 bits per heavy atom. The van der Waals surface area contributed by atoms with Gasteiger partial charge in [-0.2, -0.15) is 5.10 Å². The zero-order chi connectivity index (χ0) is 15.2. The number of nitrogens with one attached hydrogen (secondary N) is 2. The summed E-state index contributed by atoms with van der Waals surface area (Å²) in [6.45, 7) is 0.107. The van der Waals surface area contributed by atoms with Crippen LogP contribution in [0.15, 0.2) is 27.9 Å². The molecule has 112 valence electrons. The number of furan rings is 1. The Hall–Kier alpha value is -2.64. The lowest BCUT2D eigenvalue weighted by molar-refractivity contribution is -0.130. The normalized spacial score (nSPS) is 14.6. The molecule has 0 saturated carbocycles. The van der Waals surface area contributed by atoms with Crippen molar-refractivity contribution in [1.29, 1.82) is 0 Å². The maximum Gasteiger partial charge on any atom is 0.267 e. The number of rotatable bonds is 5. The molecule has 0 bridgehead atoms. The van der Waals surface area contributed by atoms with Crippen LogP contribution in [0.5, 0.6) is 0 Å². The minimum Gasteiger partial charge on any atom is -0.467 e. The van der Waals surface area contributed by atoms with Crippen LogP contribution in [0, 0.1) is 0 Å². The van der Waals surface area contributed by atoms with Gasteiger partial charge in [-0.1, -0.05) is 0 Å². The summed E-state index contributed by atoms with van der Waals surface area (Å²) in [5, 5.41) is 10.1. The zero-order valence-corrected chi connectivity index (χ0v) is 11.6. The Bertz CT molecular complexity index is 565. The Kier molecular flexibility index (Phi) is 4.70. The van der Waals surface area contributed by atoms with Gasteiger partial charge in [0, 0.05) is 19.9 Å².